The second kappa shape index (κ2) is 6.12. The van der Waals surface area contributed by atoms with Crippen LogP contribution in [0.3, 0.4) is 0 Å². The standard InChI is InChI=1S/C20H32O/c1-15(2)20(21)14-13-19(5)12-11-17(4)8-6-7-16(3)9-10-18(19)20/h7,11,18,21H,1,6,8-10,12-14H2,2-5H3/b16-7+,17-11+/t18-,19+,20-/m0/s1. The lowest BCUT2D eigenvalue weighted by molar-refractivity contribution is 0.00422. The summed E-state index contributed by atoms with van der Waals surface area (Å²) in [6.07, 6.45) is 12.4. The van der Waals surface area contributed by atoms with Gasteiger partial charge in [-0.25, -0.2) is 0 Å². The maximum atomic E-state index is 11.2. The van der Waals surface area contributed by atoms with Crippen molar-refractivity contribution in [3.8, 4) is 0 Å². The number of allylic oxidation sites excluding steroid dienone is 4. The molecule has 3 atom stereocenters. The largest absolute Gasteiger partial charge is 0.385 e. The highest BCUT2D eigenvalue weighted by Crippen LogP contribution is 2.56. The number of fused-ring (bicyclic) bond motifs is 1. The van der Waals surface area contributed by atoms with Gasteiger partial charge in [-0.05, 0) is 82.6 Å². The van der Waals surface area contributed by atoms with E-state index in [1.165, 1.54) is 17.6 Å². The van der Waals surface area contributed by atoms with Crippen LogP contribution in [0.4, 0.5) is 0 Å². The van der Waals surface area contributed by atoms with Crippen LogP contribution in [-0.4, -0.2) is 10.7 Å². The summed E-state index contributed by atoms with van der Waals surface area (Å²) in [6, 6.07) is 0. The minimum Gasteiger partial charge on any atom is -0.385 e. The normalized spacial score (nSPS) is 43.0. The Hall–Kier alpha value is -0.820. The topological polar surface area (TPSA) is 20.2 Å². The van der Waals surface area contributed by atoms with E-state index in [1.807, 2.05) is 6.92 Å². The highest BCUT2D eigenvalue weighted by molar-refractivity contribution is 5.21. The van der Waals surface area contributed by atoms with E-state index in [4.69, 9.17) is 0 Å². The summed E-state index contributed by atoms with van der Waals surface area (Å²) in [5.41, 5.74) is 3.47. The van der Waals surface area contributed by atoms with Crippen LogP contribution in [0.25, 0.3) is 0 Å². The maximum Gasteiger partial charge on any atom is 0.0885 e. The molecule has 1 heteroatoms. The van der Waals surface area contributed by atoms with Crippen molar-refractivity contribution >= 4 is 0 Å². The first-order chi connectivity index (χ1) is 9.78. The molecule has 0 radical (unpaired) electrons. The first-order valence-corrected chi connectivity index (χ1v) is 8.47. The van der Waals surface area contributed by atoms with Crippen LogP contribution in [0.1, 0.15) is 72.6 Å². The zero-order valence-electron chi connectivity index (χ0n) is 14.3. The van der Waals surface area contributed by atoms with E-state index in [0.29, 0.717) is 5.92 Å². The van der Waals surface area contributed by atoms with Crippen LogP contribution in [0.2, 0.25) is 0 Å². The van der Waals surface area contributed by atoms with Gasteiger partial charge >= 0.3 is 0 Å². The Morgan fingerprint density at radius 2 is 1.86 bits per heavy atom. The molecule has 1 saturated carbocycles. The van der Waals surface area contributed by atoms with Gasteiger partial charge in [0.15, 0.2) is 0 Å². The molecule has 1 nitrogen and oxygen atoms in total. The van der Waals surface area contributed by atoms with Crippen LogP contribution in [0.15, 0.2) is 35.5 Å². The van der Waals surface area contributed by atoms with Crippen molar-refractivity contribution in [2.75, 3.05) is 0 Å². The van der Waals surface area contributed by atoms with E-state index in [-0.39, 0.29) is 5.41 Å². The zero-order valence-corrected chi connectivity index (χ0v) is 14.3. The SMILES string of the molecule is C=C(C)[C@@]1(O)CC[C@@]2(C)C/C=C(\C)CC/C=C(\C)CC[C@@H]21. The lowest BCUT2D eigenvalue weighted by Crippen LogP contribution is -2.39. The lowest BCUT2D eigenvalue weighted by Gasteiger charge is -2.39. The molecule has 118 valence electrons. The summed E-state index contributed by atoms with van der Waals surface area (Å²) in [5.74, 6) is 0.327. The summed E-state index contributed by atoms with van der Waals surface area (Å²) >= 11 is 0. The van der Waals surface area contributed by atoms with Crippen LogP contribution in [-0.2, 0) is 0 Å². The second-order valence-electron chi connectivity index (χ2n) is 7.79. The van der Waals surface area contributed by atoms with Gasteiger partial charge in [0, 0.05) is 0 Å². The molecule has 1 N–H and O–H groups in total. The van der Waals surface area contributed by atoms with Crippen LogP contribution in [0.5, 0.6) is 0 Å². The van der Waals surface area contributed by atoms with Crippen molar-refractivity contribution in [3.63, 3.8) is 0 Å². The van der Waals surface area contributed by atoms with Gasteiger partial charge in [-0.15, -0.1) is 0 Å². The van der Waals surface area contributed by atoms with E-state index in [0.717, 1.165) is 44.1 Å². The van der Waals surface area contributed by atoms with E-state index in [9.17, 15) is 5.11 Å². The smallest absolute Gasteiger partial charge is 0.0885 e. The summed E-state index contributed by atoms with van der Waals surface area (Å²) in [6.45, 7) is 13.0. The Labute approximate surface area is 130 Å². The fraction of sp³-hybridized carbons (Fsp3) is 0.700. The van der Waals surface area contributed by atoms with Gasteiger partial charge in [0.1, 0.15) is 0 Å². The molecular weight excluding hydrogens is 256 g/mol. The van der Waals surface area contributed by atoms with Gasteiger partial charge in [-0.1, -0.05) is 36.8 Å². The van der Waals surface area contributed by atoms with Gasteiger partial charge in [0.05, 0.1) is 5.60 Å². The minimum atomic E-state index is -0.662. The third kappa shape index (κ3) is 3.34. The molecule has 0 aromatic heterocycles. The molecule has 0 bridgehead atoms. The Balaban J connectivity index is 2.35. The molecule has 1 fully saturated rings. The lowest BCUT2D eigenvalue weighted by atomic mass is 9.69. The van der Waals surface area contributed by atoms with Crippen LogP contribution < -0.4 is 0 Å². The van der Waals surface area contributed by atoms with Crippen molar-refractivity contribution in [3.05, 3.63) is 35.5 Å². The van der Waals surface area contributed by atoms with Gasteiger partial charge < -0.3 is 5.11 Å². The molecule has 0 aliphatic heterocycles. The molecule has 0 heterocycles. The molecule has 0 aromatic carbocycles. The van der Waals surface area contributed by atoms with Crippen molar-refractivity contribution in [1.82, 2.24) is 0 Å². The van der Waals surface area contributed by atoms with E-state index in [1.54, 1.807) is 0 Å². The average molecular weight is 288 g/mol. The fourth-order valence-corrected chi connectivity index (χ4v) is 4.27. The molecular formula is C20H32O. The molecule has 0 spiro atoms. The molecule has 2 rings (SSSR count). The van der Waals surface area contributed by atoms with Crippen molar-refractivity contribution in [2.45, 2.75) is 78.2 Å². The quantitative estimate of drug-likeness (QED) is 0.626. The highest BCUT2D eigenvalue weighted by Gasteiger charge is 2.53. The van der Waals surface area contributed by atoms with Gasteiger partial charge in [-0.3, -0.25) is 0 Å². The number of aliphatic hydroxyl groups is 1. The summed E-state index contributed by atoms with van der Waals surface area (Å²) in [4.78, 5) is 0. The molecule has 0 unspecified atom stereocenters. The monoisotopic (exact) mass is 288 g/mol. The predicted octanol–water partition coefficient (Wildman–Crippen LogP) is 5.57. The third-order valence-electron chi connectivity index (χ3n) is 6.01. The number of hydrogen-bond acceptors (Lipinski definition) is 1. The summed E-state index contributed by atoms with van der Waals surface area (Å²) in [7, 11) is 0. The number of rotatable bonds is 1. The summed E-state index contributed by atoms with van der Waals surface area (Å²) < 4.78 is 0. The second-order valence-corrected chi connectivity index (χ2v) is 7.79. The first kappa shape index (κ1) is 16.5. The van der Waals surface area contributed by atoms with E-state index < -0.39 is 5.60 Å². The Morgan fingerprint density at radius 1 is 1.19 bits per heavy atom. The number of hydrogen-bond donors (Lipinski definition) is 1. The predicted molar refractivity (Wildman–Crippen MR) is 91.2 cm³/mol. The molecule has 21 heavy (non-hydrogen) atoms. The molecule has 2 aliphatic rings. The van der Waals surface area contributed by atoms with Crippen molar-refractivity contribution in [2.24, 2.45) is 11.3 Å². The highest BCUT2D eigenvalue weighted by atomic mass is 16.3. The third-order valence-corrected chi connectivity index (χ3v) is 6.01. The first-order valence-electron chi connectivity index (χ1n) is 8.47. The molecule has 2 aliphatic carbocycles. The van der Waals surface area contributed by atoms with Gasteiger partial charge in [0.2, 0.25) is 0 Å². The summed E-state index contributed by atoms with van der Waals surface area (Å²) in [5, 5.41) is 11.2. The van der Waals surface area contributed by atoms with Gasteiger partial charge in [-0.2, -0.15) is 0 Å². The molecule has 0 saturated heterocycles. The van der Waals surface area contributed by atoms with Crippen molar-refractivity contribution in [1.29, 1.82) is 0 Å². The van der Waals surface area contributed by atoms with E-state index >= 15 is 0 Å². The zero-order chi connectivity index (χ0) is 15.7. The minimum absolute atomic E-state index is 0.208. The Kier molecular flexibility index (Phi) is 4.82. The molecule has 0 amide bonds. The van der Waals surface area contributed by atoms with Crippen LogP contribution >= 0.6 is 0 Å². The fourth-order valence-electron chi connectivity index (χ4n) is 4.27. The molecule has 0 aromatic rings. The van der Waals surface area contributed by atoms with E-state index in [2.05, 4.69) is 39.5 Å². The van der Waals surface area contributed by atoms with Crippen molar-refractivity contribution < 1.29 is 5.11 Å². The van der Waals surface area contributed by atoms with Gasteiger partial charge in [0.25, 0.3) is 0 Å². The average Bonchev–Trinajstić information content (AvgIpc) is 2.67. The Morgan fingerprint density at radius 3 is 2.52 bits per heavy atom. The Bertz CT molecular complexity index is 470. The van der Waals surface area contributed by atoms with Crippen LogP contribution in [0, 0.1) is 11.3 Å². The maximum absolute atomic E-state index is 11.2.